The second-order valence-corrected chi connectivity index (χ2v) is 10.2. The molecule has 0 spiro atoms. The fourth-order valence-electron chi connectivity index (χ4n) is 3.15. The number of nitrogens with two attached hydrogens (primary N) is 1. The smallest absolute Gasteiger partial charge is 0.326 e. The number of carbonyl (C=O) groups excluding carboxylic acids is 3. The van der Waals surface area contributed by atoms with Gasteiger partial charge >= 0.3 is 5.97 Å². The van der Waals surface area contributed by atoms with E-state index in [1.54, 1.807) is 6.20 Å². The molecule has 198 valence electrons. The minimum atomic E-state index is -1.13. The molecule has 0 radical (unpaired) electrons. The Morgan fingerprint density at radius 1 is 1.00 bits per heavy atom. The van der Waals surface area contributed by atoms with Crippen molar-refractivity contribution in [2.24, 2.45) is 11.7 Å². The number of hydrogen-bond donors (Lipinski definition) is 6. The maximum Gasteiger partial charge on any atom is 0.326 e. The van der Waals surface area contributed by atoms with E-state index in [-0.39, 0.29) is 18.8 Å². The molecule has 0 aliphatic heterocycles. The van der Waals surface area contributed by atoms with Crippen LogP contribution in [-0.4, -0.2) is 86.9 Å². The Hall–Kier alpha value is -2.25. The molecule has 1 aromatic rings. The highest BCUT2D eigenvalue weighted by atomic mass is 32.2. The molecule has 3 amide bonds. The number of thioether (sulfide) groups is 2. The zero-order valence-electron chi connectivity index (χ0n) is 20.7. The number of carboxylic acids is 1. The van der Waals surface area contributed by atoms with Crippen LogP contribution in [0.1, 0.15) is 38.8 Å². The van der Waals surface area contributed by atoms with Crippen LogP contribution >= 0.6 is 23.5 Å². The lowest BCUT2D eigenvalue weighted by atomic mass is 9.98. The summed E-state index contributed by atoms with van der Waals surface area (Å²) in [7, 11) is 0. The van der Waals surface area contributed by atoms with Gasteiger partial charge in [-0.3, -0.25) is 14.4 Å². The van der Waals surface area contributed by atoms with E-state index < -0.39 is 47.9 Å². The topological polar surface area (TPSA) is 179 Å². The van der Waals surface area contributed by atoms with Crippen LogP contribution in [0, 0.1) is 5.92 Å². The molecule has 1 heterocycles. The van der Waals surface area contributed by atoms with Crippen molar-refractivity contribution >= 4 is 47.2 Å². The molecule has 5 unspecified atom stereocenters. The third-order valence-electron chi connectivity index (χ3n) is 5.64. The van der Waals surface area contributed by atoms with Gasteiger partial charge in [-0.15, -0.1) is 0 Å². The van der Waals surface area contributed by atoms with Crippen LogP contribution in [0.3, 0.4) is 0 Å². The molecule has 7 N–H and O–H groups in total. The van der Waals surface area contributed by atoms with E-state index in [1.807, 2.05) is 26.4 Å². The van der Waals surface area contributed by atoms with E-state index >= 15 is 0 Å². The number of aromatic amines is 1. The van der Waals surface area contributed by atoms with Gasteiger partial charge in [0.05, 0.1) is 12.4 Å². The normalized spacial score (nSPS) is 15.3. The molecule has 0 saturated heterocycles. The first-order valence-corrected chi connectivity index (χ1v) is 14.3. The average Bonchev–Trinajstić information content (AvgIpc) is 3.35. The van der Waals surface area contributed by atoms with Gasteiger partial charge in [-0.2, -0.15) is 23.5 Å². The summed E-state index contributed by atoms with van der Waals surface area (Å²) in [5.41, 5.74) is 6.66. The Kier molecular flexibility index (Phi) is 14.4. The zero-order valence-corrected chi connectivity index (χ0v) is 22.3. The molecule has 0 aromatic carbocycles. The van der Waals surface area contributed by atoms with Crippen LogP contribution in [0.25, 0.3) is 0 Å². The predicted molar refractivity (Wildman–Crippen MR) is 139 cm³/mol. The summed E-state index contributed by atoms with van der Waals surface area (Å²) < 4.78 is 0. The number of nitrogens with one attached hydrogen (secondary N) is 4. The Bertz CT molecular complexity index is 810. The lowest BCUT2D eigenvalue weighted by Gasteiger charge is -2.26. The summed E-state index contributed by atoms with van der Waals surface area (Å²) in [5, 5.41) is 17.4. The Morgan fingerprint density at radius 2 is 1.54 bits per heavy atom. The third-order valence-corrected chi connectivity index (χ3v) is 6.93. The number of imidazole rings is 1. The van der Waals surface area contributed by atoms with Crippen molar-refractivity contribution in [3.8, 4) is 0 Å². The minimum Gasteiger partial charge on any atom is -0.480 e. The van der Waals surface area contributed by atoms with Crippen molar-refractivity contribution in [3.05, 3.63) is 18.2 Å². The number of aliphatic carboxylic acids is 1. The standard InChI is InChI=1S/C22H38N6O5S2/c1-5-13(2)18(23)21(31)28-17(10-14-11-24-12-25-14)20(30)26-15(6-8-34-3)19(29)27-16(22(32)33)7-9-35-4/h11-13,15-18H,5-10,23H2,1-4H3,(H,24,25)(H,26,30)(H,27,29)(H,28,31)(H,32,33). The van der Waals surface area contributed by atoms with Crippen molar-refractivity contribution in [1.29, 1.82) is 0 Å². The first-order chi connectivity index (χ1) is 16.6. The van der Waals surface area contributed by atoms with Gasteiger partial charge in [0.15, 0.2) is 0 Å². The molecule has 0 bridgehead atoms. The van der Waals surface area contributed by atoms with E-state index in [0.717, 1.165) is 0 Å². The maximum absolute atomic E-state index is 13.2. The third kappa shape index (κ3) is 10.9. The fraction of sp³-hybridized carbons (Fsp3) is 0.682. The van der Waals surface area contributed by atoms with Crippen molar-refractivity contribution in [3.63, 3.8) is 0 Å². The van der Waals surface area contributed by atoms with Crippen LogP contribution < -0.4 is 21.7 Å². The highest BCUT2D eigenvalue weighted by Crippen LogP contribution is 2.09. The average molecular weight is 531 g/mol. The highest BCUT2D eigenvalue weighted by molar-refractivity contribution is 7.98. The number of rotatable bonds is 17. The van der Waals surface area contributed by atoms with Gasteiger partial charge in [0.2, 0.25) is 17.7 Å². The largest absolute Gasteiger partial charge is 0.480 e. The molecule has 13 heteroatoms. The minimum absolute atomic E-state index is 0.0831. The van der Waals surface area contributed by atoms with Gasteiger partial charge < -0.3 is 31.8 Å². The monoisotopic (exact) mass is 530 g/mol. The molecule has 35 heavy (non-hydrogen) atoms. The number of hydrogen-bond acceptors (Lipinski definition) is 8. The van der Waals surface area contributed by atoms with Crippen LogP contribution in [0.5, 0.6) is 0 Å². The molecule has 0 aliphatic rings. The van der Waals surface area contributed by atoms with Gasteiger partial charge in [-0.25, -0.2) is 9.78 Å². The van der Waals surface area contributed by atoms with Crippen molar-refractivity contribution in [2.75, 3.05) is 24.0 Å². The second-order valence-electron chi connectivity index (χ2n) is 8.28. The number of carbonyl (C=O) groups is 4. The summed E-state index contributed by atoms with van der Waals surface area (Å²) >= 11 is 2.97. The van der Waals surface area contributed by atoms with E-state index in [4.69, 9.17) is 5.73 Å². The van der Waals surface area contributed by atoms with Crippen LogP contribution in [0.2, 0.25) is 0 Å². The Balaban J connectivity index is 3.02. The van der Waals surface area contributed by atoms with Crippen LogP contribution in [0.4, 0.5) is 0 Å². The van der Waals surface area contributed by atoms with Gasteiger partial charge in [0.1, 0.15) is 18.1 Å². The summed E-state index contributed by atoms with van der Waals surface area (Å²) in [6.07, 6.45) is 8.10. The fourth-order valence-corrected chi connectivity index (χ4v) is 4.09. The molecule has 11 nitrogen and oxygen atoms in total. The first kappa shape index (κ1) is 30.8. The molecule has 5 atom stereocenters. The molecule has 0 aliphatic carbocycles. The summed E-state index contributed by atoms with van der Waals surface area (Å²) in [6.45, 7) is 3.78. The zero-order chi connectivity index (χ0) is 26.4. The molecular formula is C22H38N6O5S2. The number of carboxylic acid groups (broad SMARTS) is 1. The highest BCUT2D eigenvalue weighted by Gasteiger charge is 2.31. The summed E-state index contributed by atoms with van der Waals surface area (Å²) in [6, 6.07) is -3.82. The van der Waals surface area contributed by atoms with Gasteiger partial charge in [0, 0.05) is 18.3 Å². The summed E-state index contributed by atoms with van der Waals surface area (Å²) in [5.74, 6) is -1.70. The molecule has 0 fully saturated rings. The first-order valence-electron chi connectivity index (χ1n) is 11.5. The second kappa shape index (κ2) is 16.4. The van der Waals surface area contributed by atoms with Crippen molar-refractivity contribution in [2.45, 2.75) is 63.7 Å². The SMILES string of the molecule is CCC(C)C(N)C(=O)NC(Cc1cnc[nH]1)C(=O)NC(CCSC)C(=O)NC(CCSC)C(=O)O. The lowest BCUT2D eigenvalue weighted by molar-refractivity contribution is -0.142. The molecule has 1 rings (SSSR count). The maximum atomic E-state index is 13.2. The number of aromatic nitrogens is 2. The van der Waals surface area contributed by atoms with Crippen LogP contribution in [0.15, 0.2) is 12.5 Å². The van der Waals surface area contributed by atoms with E-state index in [9.17, 15) is 24.3 Å². The van der Waals surface area contributed by atoms with Gasteiger partial charge in [-0.05, 0) is 42.8 Å². The summed E-state index contributed by atoms with van der Waals surface area (Å²) in [4.78, 5) is 57.3. The van der Waals surface area contributed by atoms with E-state index in [2.05, 4.69) is 25.9 Å². The van der Waals surface area contributed by atoms with Gasteiger partial charge in [-0.1, -0.05) is 20.3 Å². The number of nitrogens with zero attached hydrogens (tertiary/aromatic N) is 1. The van der Waals surface area contributed by atoms with E-state index in [1.165, 1.54) is 29.9 Å². The molecular weight excluding hydrogens is 492 g/mol. The van der Waals surface area contributed by atoms with Crippen molar-refractivity contribution < 1.29 is 24.3 Å². The van der Waals surface area contributed by atoms with Crippen LogP contribution in [-0.2, 0) is 25.6 Å². The van der Waals surface area contributed by atoms with E-state index in [0.29, 0.717) is 30.0 Å². The number of H-pyrrole nitrogens is 1. The lowest BCUT2D eigenvalue weighted by Crippen LogP contribution is -2.58. The number of amides is 3. The molecule has 1 aromatic heterocycles. The van der Waals surface area contributed by atoms with Gasteiger partial charge in [0.25, 0.3) is 0 Å². The quantitative estimate of drug-likeness (QED) is 0.166. The predicted octanol–water partition coefficient (Wildman–Crippen LogP) is 0.371. The Labute approximate surface area is 214 Å². The van der Waals surface area contributed by atoms with Crippen molar-refractivity contribution in [1.82, 2.24) is 25.9 Å². The molecule has 0 saturated carbocycles. The Morgan fingerprint density at radius 3 is 2.06 bits per heavy atom.